The van der Waals surface area contributed by atoms with E-state index in [1.807, 2.05) is 30.3 Å². The Labute approximate surface area is 111 Å². The summed E-state index contributed by atoms with van der Waals surface area (Å²) in [6.45, 7) is 0. The van der Waals surface area contributed by atoms with Crippen LogP contribution in [0.4, 0.5) is 0 Å². The van der Waals surface area contributed by atoms with E-state index in [4.69, 9.17) is 16.9 Å². The number of hydrogen-bond donors (Lipinski definition) is 0. The van der Waals surface area contributed by atoms with Gasteiger partial charge >= 0.3 is 0 Å². The van der Waals surface area contributed by atoms with Crippen LogP contribution in [-0.4, -0.2) is 0 Å². The zero-order valence-corrected chi connectivity index (χ0v) is 10.2. The van der Waals surface area contributed by atoms with Gasteiger partial charge in [0.15, 0.2) is 0 Å². The Hall–Kier alpha value is -2.29. The SMILES string of the molecule is N#Cc1c(Cl)cccc1[C@@H](C#N)c1ccccc1. The molecule has 0 aliphatic carbocycles. The van der Waals surface area contributed by atoms with E-state index in [1.54, 1.807) is 18.2 Å². The normalized spacial score (nSPS) is 11.3. The Kier molecular flexibility index (Phi) is 3.63. The standard InChI is InChI=1S/C15H9ClN2/c16-15-8-4-7-12(14(15)10-18)13(9-17)11-5-2-1-3-6-11/h1-8,13H/t13-/m0/s1. The highest BCUT2D eigenvalue weighted by Crippen LogP contribution is 2.30. The minimum Gasteiger partial charge on any atom is -0.197 e. The molecule has 0 aliphatic heterocycles. The summed E-state index contributed by atoms with van der Waals surface area (Å²) in [5.41, 5.74) is 1.88. The van der Waals surface area contributed by atoms with E-state index in [-0.39, 0.29) is 0 Å². The van der Waals surface area contributed by atoms with Gasteiger partial charge in [-0.25, -0.2) is 0 Å². The lowest BCUT2D eigenvalue weighted by Gasteiger charge is -2.12. The fourth-order valence-corrected chi connectivity index (χ4v) is 2.09. The second kappa shape index (κ2) is 5.36. The molecule has 0 amide bonds. The smallest absolute Gasteiger partial charge is 0.101 e. The average Bonchev–Trinajstić information content (AvgIpc) is 2.41. The summed E-state index contributed by atoms with van der Waals surface area (Å²) >= 11 is 5.99. The van der Waals surface area contributed by atoms with Crippen molar-refractivity contribution in [2.24, 2.45) is 0 Å². The molecule has 18 heavy (non-hydrogen) atoms. The van der Waals surface area contributed by atoms with E-state index in [0.717, 1.165) is 5.56 Å². The Morgan fingerprint density at radius 2 is 1.67 bits per heavy atom. The molecule has 0 radical (unpaired) electrons. The summed E-state index contributed by atoms with van der Waals surface area (Å²) in [7, 11) is 0. The molecular weight excluding hydrogens is 244 g/mol. The van der Waals surface area contributed by atoms with Crippen LogP contribution in [0.25, 0.3) is 0 Å². The van der Waals surface area contributed by atoms with Gasteiger partial charge in [-0.3, -0.25) is 0 Å². The van der Waals surface area contributed by atoms with Crippen LogP contribution in [0.3, 0.4) is 0 Å². The summed E-state index contributed by atoms with van der Waals surface area (Å²) < 4.78 is 0. The lowest BCUT2D eigenvalue weighted by molar-refractivity contribution is 1.03. The summed E-state index contributed by atoms with van der Waals surface area (Å²) in [6.07, 6.45) is 0. The molecule has 2 aromatic carbocycles. The Balaban J connectivity index is 2.58. The maximum Gasteiger partial charge on any atom is 0.101 e. The molecule has 0 saturated heterocycles. The highest BCUT2D eigenvalue weighted by atomic mass is 35.5. The van der Waals surface area contributed by atoms with Crippen molar-refractivity contribution in [2.45, 2.75) is 5.92 Å². The third kappa shape index (κ3) is 2.20. The molecule has 2 aromatic rings. The number of nitrogens with zero attached hydrogens (tertiary/aromatic N) is 2. The minimum absolute atomic E-state index is 0.370. The number of rotatable bonds is 2. The van der Waals surface area contributed by atoms with Crippen LogP contribution in [0.5, 0.6) is 0 Å². The van der Waals surface area contributed by atoms with Gasteiger partial charge in [0.1, 0.15) is 6.07 Å². The number of benzene rings is 2. The maximum atomic E-state index is 9.34. The van der Waals surface area contributed by atoms with Crippen molar-refractivity contribution in [1.29, 1.82) is 10.5 Å². The lowest BCUT2D eigenvalue weighted by atomic mass is 9.89. The predicted octanol–water partition coefficient (Wildman–Crippen LogP) is 3.87. The zero-order chi connectivity index (χ0) is 13.0. The highest BCUT2D eigenvalue weighted by Gasteiger charge is 2.18. The van der Waals surface area contributed by atoms with Gasteiger partial charge in [-0.15, -0.1) is 0 Å². The number of halogens is 1. The molecule has 2 rings (SSSR count). The molecule has 0 aromatic heterocycles. The molecule has 0 unspecified atom stereocenters. The predicted molar refractivity (Wildman–Crippen MR) is 70.1 cm³/mol. The van der Waals surface area contributed by atoms with Crippen molar-refractivity contribution in [3.05, 3.63) is 70.2 Å². The monoisotopic (exact) mass is 252 g/mol. The van der Waals surface area contributed by atoms with Gasteiger partial charge in [0.05, 0.1) is 22.6 Å². The molecule has 0 aliphatic rings. The second-order valence-corrected chi connectivity index (χ2v) is 4.20. The first kappa shape index (κ1) is 12.2. The van der Waals surface area contributed by atoms with Gasteiger partial charge in [0, 0.05) is 0 Å². The van der Waals surface area contributed by atoms with Gasteiger partial charge in [-0.1, -0.05) is 54.1 Å². The van der Waals surface area contributed by atoms with Gasteiger partial charge in [-0.2, -0.15) is 10.5 Å². The number of hydrogen-bond acceptors (Lipinski definition) is 2. The van der Waals surface area contributed by atoms with Crippen LogP contribution < -0.4 is 0 Å². The molecule has 0 fully saturated rings. The summed E-state index contributed by atoms with van der Waals surface area (Å²) in [4.78, 5) is 0. The molecule has 2 nitrogen and oxygen atoms in total. The lowest BCUT2D eigenvalue weighted by Crippen LogP contribution is -2.01. The van der Waals surface area contributed by atoms with Crippen LogP contribution in [0.2, 0.25) is 5.02 Å². The van der Waals surface area contributed by atoms with Crippen molar-refractivity contribution < 1.29 is 0 Å². The first-order valence-electron chi connectivity index (χ1n) is 5.41. The summed E-state index contributed by atoms with van der Waals surface area (Å²) in [5.74, 6) is -0.473. The first-order chi connectivity index (χ1) is 8.77. The molecule has 0 N–H and O–H groups in total. The third-order valence-electron chi connectivity index (χ3n) is 2.73. The van der Waals surface area contributed by atoms with E-state index in [0.29, 0.717) is 16.1 Å². The molecule has 0 saturated carbocycles. The van der Waals surface area contributed by atoms with Crippen LogP contribution in [-0.2, 0) is 0 Å². The van der Waals surface area contributed by atoms with E-state index < -0.39 is 5.92 Å². The quantitative estimate of drug-likeness (QED) is 0.815. The number of nitriles is 2. The molecule has 0 spiro atoms. The van der Waals surface area contributed by atoms with Crippen LogP contribution in [0, 0.1) is 22.7 Å². The van der Waals surface area contributed by atoms with E-state index in [1.165, 1.54) is 0 Å². The Morgan fingerprint density at radius 3 is 2.28 bits per heavy atom. The van der Waals surface area contributed by atoms with Crippen LogP contribution >= 0.6 is 11.6 Å². The molecule has 0 bridgehead atoms. The highest BCUT2D eigenvalue weighted by molar-refractivity contribution is 6.31. The molecule has 86 valence electrons. The molecule has 0 heterocycles. The van der Waals surface area contributed by atoms with E-state index in [9.17, 15) is 5.26 Å². The summed E-state index contributed by atoms with van der Waals surface area (Å²) in [6, 6.07) is 18.8. The van der Waals surface area contributed by atoms with Gasteiger partial charge < -0.3 is 0 Å². The Morgan fingerprint density at radius 1 is 0.944 bits per heavy atom. The van der Waals surface area contributed by atoms with Gasteiger partial charge in [-0.05, 0) is 17.2 Å². The van der Waals surface area contributed by atoms with E-state index >= 15 is 0 Å². The van der Waals surface area contributed by atoms with Gasteiger partial charge in [0.2, 0.25) is 0 Å². The van der Waals surface area contributed by atoms with Gasteiger partial charge in [0.25, 0.3) is 0 Å². The van der Waals surface area contributed by atoms with Crippen molar-refractivity contribution in [2.75, 3.05) is 0 Å². The van der Waals surface area contributed by atoms with E-state index in [2.05, 4.69) is 12.1 Å². The zero-order valence-electron chi connectivity index (χ0n) is 9.47. The largest absolute Gasteiger partial charge is 0.197 e. The van der Waals surface area contributed by atoms with Crippen molar-refractivity contribution in [3.63, 3.8) is 0 Å². The molecular formula is C15H9ClN2. The second-order valence-electron chi connectivity index (χ2n) is 3.79. The topological polar surface area (TPSA) is 47.6 Å². The van der Waals surface area contributed by atoms with Crippen molar-refractivity contribution in [1.82, 2.24) is 0 Å². The fraction of sp³-hybridized carbons (Fsp3) is 0.0667. The minimum atomic E-state index is -0.473. The third-order valence-corrected chi connectivity index (χ3v) is 3.05. The van der Waals surface area contributed by atoms with Crippen molar-refractivity contribution in [3.8, 4) is 12.1 Å². The first-order valence-corrected chi connectivity index (χ1v) is 5.78. The Bertz CT molecular complexity index is 636. The van der Waals surface area contributed by atoms with Crippen LogP contribution in [0.1, 0.15) is 22.6 Å². The summed E-state index contributed by atoms with van der Waals surface area (Å²) in [5, 5.41) is 18.9. The van der Waals surface area contributed by atoms with Crippen LogP contribution in [0.15, 0.2) is 48.5 Å². The average molecular weight is 253 g/mol. The van der Waals surface area contributed by atoms with Crippen molar-refractivity contribution >= 4 is 11.6 Å². The fourth-order valence-electron chi connectivity index (χ4n) is 1.87. The molecule has 1 atom stereocenters. The maximum absolute atomic E-state index is 9.34. The molecule has 3 heteroatoms.